The first kappa shape index (κ1) is 146. The number of benzene rings is 5. The molecule has 0 aliphatic rings. The molecule has 0 saturated heterocycles. The normalized spacial score (nSPS) is 10.0. The third kappa shape index (κ3) is 39.6. The van der Waals surface area contributed by atoms with Gasteiger partial charge in [-0.05, 0) is 60.7 Å². The van der Waals surface area contributed by atoms with Crippen LogP contribution in [0, 0.1) is 119 Å². The molecule has 470 valence electrons. The van der Waals surface area contributed by atoms with Crippen molar-refractivity contribution in [3.63, 3.8) is 0 Å². The number of hydrogen-bond donors (Lipinski definition) is 10. The van der Waals surface area contributed by atoms with Crippen LogP contribution in [0.5, 0.6) is 0 Å². The van der Waals surface area contributed by atoms with Gasteiger partial charge in [0.2, 0.25) is 54.3 Å². The quantitative estimate of drug-likeness (QED) is 0.0311. The second kappa shape index (κ2) is 74.2. The molecular weight excluding hydrogens is 1350 g/mol. The Morgan fingerprint density at radius 3 is 0.366 bits per heavy atom. The maximum atomic E-state index is 10.9. The van der Waals surface area contributed by atoms with E-state index in [9.17, 15) is 47.9 Å². The minimum absolute atomic E-state index is 0. The zero-order valence-corrected chi connectivity index (χ0v) is 53.5. The molecule has 0 atom stereocenters. The summed E-state index contributed by atoms with van der Waals surface area (Å²) in [4.78, 5) is 109. The van der Waals surface area contributed by atoms with Crippen molar-refractivity contribution >= 4 is 0 Å². The Morgan fingerprint density at radius 2 is 0.293 bits per heavy atom. The number of hydrogen-bond acceptors (Lipinski definition) is 30. The van der Waals surface area contributed by atoms with Gasteiger partial charge >= 0.3 is 68.3 Å². The molecular formula is C46H68Fe6N10O20. The first-order valence-electron chi connectivity index (χ1n) is 14.6. The van der Waals surface area contributed by atoms with Crippen LogP contribution in [0.15, 0.2) is 160 Å². The summed E-state index contributed by atoms with van der Waals surface area (Å²) in [6.07, 6.45) is 0. The third-order valence-corrected chi connectivity index (χ3v) is 6.41. The van der Waals surface area contributed by atoms with Crippen LogP contribution in [-0.4, -0.2) is 52.1 Å². The van der Waals surface area contributed by atoms with Crippen LogP contribution in [0.1, 0.15) is 0 Å². The van der Waals surface area contributed by atoms with Crippen LogP contribution < -0.4 is 108 Å². The Morgan fingerprint density at radius 1 is 0.195 bits per heavy atom. The van der Waals surface area contributed by atoms with Gasteiger partial charge in [-0.3, -0.25) is 47.9 Å². The fraction of sp³-hybridized carbons (Fsp3) is 0. The van der Waals surface area contributed by atoms with Gasteiger partial charge in [-0.1, -0.05) is 51.6 Å². The predicted octanol–water partition coefficient (Wildman–Crippen LogP) is -3.50. The molecule has 0 aromatic heterocycles. The minimum Gasteiger partial charge on any atom is -0.410 e. The average Bonchev–Trinajstić information content (AvgIpc) is 3.23. The first-order valence-corrected chi connectivity index (χ1v) is 14.6. The number of nitrogens with zero attached hydrogens (tertiary/aromatic N) is 10. The van der Waals surface area contributed by atoms with Crippen molar-refractivity contribution < 1.29 is 154 Å². The molecule has 0 spiro atoms. The average molecular weight is 1420 g/mol. The summed E-state index contributed by atoms with van der Waals surface area (Å²) < 4.78 is 0. The summed E-state index contributed by atoms with van der Waals surface area (Å²) >= 11 is 0. The Balaban J connectivity index is -0.0000000257. The van der Waals surface area contributed by atoms with E-state index < -0.39 is 81.1 Å². The Kier molecular flexibility index (Phi) is 132. The van der Waals surface area contributed by atoms with Crippen molar-refractivity contribution in [2.24, 2.45) is 51.6 Å². The molecule has 0 saturated carbocycles. The van der Waals surface area contributed by atoms with Crippen molar-refractivity contribution in [3.8, 4) is 0 Å². The van der Waals surface area contributed by atoms with E-state index in [0.717, 1.165) is 60.7 Å². The van der Waals surface area contributed by atoms with E-state index in [1.807, 2.05) is 0 Å². The van der Waals surface area contributed by atoms with Gasteiger partial charge in [0.05, 0.1) is 0 Å². The third-order valence-electron chi connectivity index (χ3n) is 6.41. The molecule has 0 aliphatic carbocycles. The van der Waals surface area contributed by atoms with Gasteiger partial charge in [0.1, 0.15) is 0 Å². The van der Waals surface area contributed by atoms with Crippen LogP contribution in [0.2, 0.25) is 0 Å². The second-order valence-electron chi connectivity index (χ2n) is 9.80. The standard InChI is InChI=1S/5C6H4N2O4.16CH3.6Fe/c5*9-4-2-1-3(7-11)6(10)5(4)8-12;;;;;;;;;;;;;;;;;;;;;;/h5*1-2,11-12H;16*1H3;;;;;;/q;;;;;16*-1;;;4*+4/b5*7-3-,8-5+;;;;;;;;;;;;;;;;;;;;;;. The van der Waals surface area contributed by atoms with Crippen LogP contribution in [0.4, 0.5) is 0 Å². The van der Waals surface area contributed by atoms with E-state index in [0.29, 0.717) is 0 Å². The fourth-order valence-electron chi connectivity index (χ4n) is 3.58. The fourth-order valence-corrected chi connectivity index (χ4v) is 3.58. The van der Waals surface area contributed by atoms with E-state index >= 15 is 0 Å². The number of rotatable bonds is 0. The predicted molar refractivity (Wildman–Crippen MR) is 283 cm³/mol. The first-order chi connectivity index (χ1) is 28.5. The molecule has 82 heavy (non-hydrogen) atoms. The molecule has 30 nitrogen and oxygen atoms in total. The van der Waals surface area contributed by atoms with Gasteiger partial charge in [-0.2, -0.15) is 0 Å². The molecule has 0 fully saturated rings. The molecule has 5 aromatic rings. The molecule has 0 bridgehead atoms. The Bertz CT molecular complexity index is 3080. The molecule has 0 heterocycles. The molecule has 0 unspecified atom stereocenters. The van der Waals surface area contributed by atoms with Gasteiger partial charge < -0.3 is 171 Å². The summed E-state index contributed by atoms with van der Waals surface area (Å²) in [6.45, 7) is 0. The second-order valence-corrected chi connectivity index (χ2v) is 9.80. The summed E-state index contributed by atoms with van der Waals surface area (Å²) in [5.74, 6) is 0. The summed E-state index contributed by atoms with van der Waals surface area (Å²) in [7, 11) is 0. The molecule has 0 radical (unpaired) electrons. The van der Waals surface area contributed by atoms with E-state index in [4.69, 9.17) is 52.1 Å². The zero-order chi connectivity index (χ0) is 45.7. The monoisotopic (exact) mass is 1420 g/mol. The van der Waals surface area contributed by atoms with Crippen molar-refractivity contribution in [2.45, 2.75) is 0 Å². The van der Waals surface area contributed by atoms with Crippen LogP contribution in [0.3, 0.4) is 0 Å². The molecule has 36 heteroatoms. The van der Waals surface area contributed by atoms with E-state index in [1.165, 1.54) is 0 Å². The van der Waals surface area contributed by atoms with Crippen LogP contribution >= 0.6 is 0 Å². The summed E-state index contributed by atoms with van der Waals surface area (Å²) in [5, 5.41) is 103. The molecule has 0 amide bonds. The van der Waals surface area contributed by atoms with E-state index in [1.54, 1.807) is 0 Å². The molecule has 5 aromatic carbocycles. The smallest absolute Gasteiger partial charge is 0.410 e. The largest absolute Gasteiger partial charge is 4.00 e. The molecule has 0 aliphatic heterocycles. The van der Waals surface area contributed by atoms with Crippen LogP contribution in [0.25, 0.3) is 0 Å². The molecule has 10 N–H and O–H groups in total. The maximum Gasteiger partial charge on any atom is 4.00 e. The summed E-state index contributed by atoms with van der Waals surface area (Å²) in [6, 6.07) is 10.1. The van der Waals surface area contributed by atoms with Crippen molar-refractivity contribution in [3.05, 3.63) is 335 Å². The van der Waals surface area contributed by atoms with E-state index in [-0.39, 0.29) is 248 Å². The van der Waals surface area contributed by atoms with E-state index in [2.05, 4.69) is 51.6 Å². The maximum absolute atomic E-state index is 10.9. The van der Waals surface area contributed by atoms with Gasteiger partial charge in [0.25, 0.3) is 0 Å². The molecule has 5 rings (SSSR count). The van der Waals surface area contributed by atoms with Crippen LogP contribution in [-0.2, 0) is 102 Å². The Labute approximate surface area is 537 Å². The minimum atomic E-state index is -0.896. The van der Waals surface area contributed by atoms with Gasteiger partial charge in [-0.15, -0.1) is 0 Å². The van der Waals surface area contributed by atoms with Gasteiger partial charge in [0, 0.05) is 34.1 Å². The van der Waals surface area contributed by atoms with Gasteiger partial charge in [0.15, 0.2) is 53.6 Å². The Hall–Kier alpha value is -6.78. The topological polar surface area (TPSA) is 497 Å². The summed E-state index contributed by atoms with van der Waals surface area (Å²) in [5.41, 5.74) is -8.04. The van der Waals surface area contributed by atoms with Crippen molar-refractivity contribution in [1.82, 2.24) is 0 Å². The SMILES string of the molecule is O=c1cc/c(=N/O)c(=O)/c1=N/O.O=c1cc/c(=N/O)c(=O)/c1=N/O.O=c1cc/c(=N/O)c(=O)/c1=N/O.O=c1cc/c(=N/O)c(=O)/c1=N/O.O=c1cc/c(=N/O)c(=O)/c1=N/O.[CH3-].[CH3-].[CH3-].[CH3-].[CH3-].[CH3-].[CH3-].[CH3-].[CH3-].[CH3-].[CH3-].[CH3-].[CH3-].[CH3-].[CH3-].[CH3-].[Fe+4].[Fe+4].[Fe+4].[Fe+4].[Fe].[Fe]. The van der Waals surface area contributed by atoms with Crippen molar-refractivity contribution in [2.75, 3.05) is 0 Å². The van der Waals surface area contributed by atoms with Gasteiger partial charge in [-0.25, -0.2) is 0 Å². The zero-order valence-electron chi connectivity index (χ0n) is 46.9. The van der Waals surface area contributed by atoms with Crippen molar-refractivity contribution in [1.29, 1.82) is 0 Å².